The number of hydrogen-bond acceptors (Lipinski definition) is 4. The molecule has 1 saturated heterocycles. The lowest BCUT2D eigenvalue weighted by atomic mass is 10.1. The number of hydrogen-bond donors (Lipinski definition) is 1. The second kappa shape index (κ2) is 6.17. The maximum absolute atomic E-state index is 12.0. The Morgan fingerprint density at radius 3 is 2.89 bits per heavy atom. The summed E-state index contributed by atoms with van der Waals surface area (Å²) in [5.74, 6) is 0.384. The molecule has 1 aliphatic rings. The zero-order valence-corrected chi connectivity index (χ0v) is 12.4. The van der Waals surface area contributed by atoms with Gasteiger partial charge in [0.2, 0.25) is 10.0 Å². The summed E-state index contributed by atoms with van der Waals surface area (Å²) in [5.41, 5.74) is 0. The lowest BCUT2D eigenvalue weighted by molar-refractivity contribution is 0.342. The molecule has 5 nitrogen and oxygen atoms in total. The SMILES string of the molecule is CCN1CCC(CNS(=O)(=O)c2ccc(Cl)nc2)C1. The molecule has 1 aliphatic heterocycles. The first-order valence-corrected chi connectivity index (χ1v) is 8.21. The van der Waals surface area contributed by atoms with E-state index in [-0.39, 0.29) is 10.0 Å². The second-order valence-corrected chi connectivity index (χ2v) is 6.87. The molecule has 2 heterocycles. The molecule has 7 heteroatoms. The number of pyridine rings is 1. The van der Waals surface area contributed by atoms with Crippen molar-refractivity contribution in [2.45, 2.75) is 18.2 Å². The van der Waals surface area contributed by atoms with E-state index in [1.807, 2.05) is 0 Å². The minimum Gasteiger partial charge on any atom is -0.303 e. The summed E-state index contributed by atoms with van der Waals surface area (Å²) in [4.78, 5) is 6.27. The number of nitrogens with one attached hydrogen (secondary N) is 1. The van der Waals surface area contributed by atoms with Crippen molar-refractivity contribution in [2.24, 2.45) is 5.92 Å². The van der Waals surface area contributed by atoms with Gasteiger partial charge in [-0.15, -0.1) is 0 Å². The molecule has 0 saturated carbocycles. The van der Waals surface area contributed by atoms with Gasteiger partial charge in [-0.05, 0) is 37.6 Å². The summed E-state index contributed by atoms with van der Waals surface area (Å²) in [5, 5.41) is 0.285. The predicted octanol–water partition coefficient (Wildman–Crippen LogP) is 1.36. The van der Waals surface area contributed by atoms with Crippen LogP contribution in [0.25, 0.3) is 0 Å². The van der Waals surface area contributed by atoms with Gasteiger partial charge in [-0.25, -0.2) is 18.1 Å². The van der Waals surface area contributed by atoms with Crippen LogP contribution in [0.2, 0.25) is 5.15 Å². The second-order valence-electron chi connectivity index (χ2n) is 4.72. The van der Waals surface area contributed by atoms with Gasteiger partial charge in [-0.3, -0.25) is 0 Å². The third-order valence-corrected chi connectivity index (χ3v) is 5.02. The minimum atomic E-state index is -3.48. The van der Waals surface area contributed by atoms with E-state index in [9.17, 15) is 8.42 Å². The van der Waals surface area contributed by atoms with Crippen LogP contribution in [0.5, 0.6) is 0 Å². The van der Waals surface area contributed by atoms with Crippen LogP contribution in [0.3, 0.4) is 0 Å². The quantitative estimate of drug-likeness (QED) is 0.834. The molecule has 0 spiro atoms. The van der Waals surface area contributed by atoms with E-state index >= 15 is 0 Å². The summed E-state index contributed by atoms with van der Waals surface area (Å²) in [6.45, 7) is 5.61. The number of halogens is 1. The molecule has 1 fully saturated rings. The molecule has 1 N–H and O–H groups in total. The van der Waals surface area contributed by atoms with Gasteiger partial charge in [0, 0.05) is 19.3 Å². The number of nitrogens with zero attached hydrogens (tertiary/aromatic N) is 2. The predicted molar refractivity (Wildman–Crippen MR) is 74.7 cm³/mol. The van der Waals surface area contributed by atoms with E-state index in [2.05, 4.69) is 21.5 Å². The Morgan fingerprint density at radius 1 is 1.53 bits per heavy atom. The van der Waals surface area contributed by atoms with Crippen molar-refractivity contribution >= 4 is 21.6 Å². The van der Waals surface area contributed by atoms with Crippen LogP contribution in [0, 0.1) is 5.92 Å². The first kappa shape index (κ1) is 14.7. The van der Waals surface area contributed by atoms with Gasteiger partial charge < -0.3 is 4.90 Å². The summed E-state index contributed by atoms with van der Waals surface area (Å²) < 4.78 is 26.7. The monoisotopic (exact) mass is 303 g/mol. The van der Waals surface area contributed by atoms with E-state index in [1.54, 1.807) is 0 Å². The van der Waals surface area contributed by atoms with Crippen LogP contribution in [-0.4, -0.2) is 44.5 Å². The standard InChI is InChI=1S/C12H18ClN3O2S/c1-2-16-6-5-10(9-16)7-15-19(17,18)11-3-4-12(13)14-8-11/h3-4,8,10,15H,2,5-7,9H2,1H3. The van der Waals surface area contributed by atoms with Gasteiger partial charge in [0.25, 0.3) is 0 Å². The van der Waals surface area contributed by atoms with Crippen LogP contribution < -0.4 is 4.72 Å². The highest BCUT2D eigenvalue weighted by atomic mass is 35.5. The van der Waals surface area contributed by atoms with Crippen LogP contribution in [0.15, 0.2) is 23.2 Å². The van der Waals surface area contributed by atoms with Gasteiger partial charge in [-0.1, -0.05) is 18.5 Å². The Morgan fingerprint density at radius 2 is 2.32 bits per heavy atom. The smallest absolute Gasteiger partial charge is 0.242 e. The fourth-order valence-electron chi connectivity index (χ4n) is 2.20. The Balaban J connectivity index is 1.93. The van der Waals surface area contributed by atoms with Gasteiger partial charge in [-0.2, -0.15) is 0 Å². The molecule has 1 unspecified atom stereocenters. The van der Waals surface area contributed by atoms with Crippen molar-refractivity contribution in [2.75, 3.05) is 26.2 Å². The first-order valence-electron chi connectivity index (χ1n) is 6.35. The van der Waals surface area contributed by atoms with Crippen LogP contribution in [0.4, 0.5) is 0 Å². The fourth-order valence-corrected chi connectivity index (χ4v) is 3.37. The maximum Gasteiger partial charge on any atom is 0.242 e. The molecule has 0 bridgehead atoms. The molecule has 0 radical (unpaired) electrons. The minimum absolute atomic E-state index is 0.155. The van der Waals surface area contributed by atoms with Crippen LogP contribution in [-0.2, 0) is 10.0 Å². The average molecular weight is 304 g/mol. The fraction of sp³-hybridized carbons (Fsp3) is 0.583. The van der Waals surface area contributed by atoms with E-state index in [0.717, 1.165) is 26.1 Å². The lowest BCUT2D eigenvalue weighted by Crippen LogP contribution is -2.31. The van der Waals surface area contributed by atoms with E-state index in [1.165, 1.54) is 18.3 Å². The maximum atomic E-state index is 12.0. The molecule has 0 amide bonds. The lowest BCUT2D eigenvalue weighted by Gasteiger charge is -2.13. The zero-order valence-electron chi connectivity index (χ0n) is 10.8. The summed E-state index contributed by atoms with van der Waals surface area (Å²) in [6, 6.07) is 2.94. The third-order valence-electron chi connectivity index (χ3n) is 3.39. The van der Waals surface area contributed by atoms with Crippen molar-refractivity contribution in [3.8, 4) is 0 Å². The highest BCUT2D eigenvalue weighted by molar-refractivity contribution is 7.89. The highest BCUT2D eigenvalue weighted by Crippen LogP contribution is 2.16. The third kappa shape index (κ3) is 3.89. The summed E-state index contributed by atoms with van der Waals surface area (Å²) >= 11 is 5.64. The van der Waals surface area contributed by atoms with E-state index in [4.69, 9.17) is 11.6 Å². The van der Waals surface area contributed by atoms with Gasteiger partial charge in [0.15, 0.2) is 0 Å². The largest absolute Gasteiger partial charge is 0.303 e. The molecular formula is C12H18ClN3O2S. The van der Waals surface area contributed by atoms with Crippen molar-refractivity contribution in [1.82, 2.24) is 14.6 Å². The molecule has 1 aromatic heterocycles. The van der Waals surface area contributed by atoms with Crippen molar-refractivity contribution in [1.29, 1.82) is 0 Å². The van der Waals surface area contributed by atoms with Crippen molar-refractivity contribution in [3.05, 3.63) is 23.5 Å². The Labute approximate surface area is 119 Å². The van der Waals surface area contributed by atoms with Crippen LogP contribution in [0.1, 0.15) is 13.3 Å². The first-order chi connectivity index (χ1) is 9.01. The Bertz CT molecular complexity index is 518. The van der Waals surface area contributed by atoms with Crippen molar-refractivity contribution in [3.63, 3.8) is 0 Å². The number of sulfonamides is 1. The van der Waals surface area contributed by atoms with Gasteiger partial charge >= 0.3 is 0 Å². The topological polar surface area (TPSA) is 62.3 Å². The highest BCUT2D eigenvalue weighted by Gasteiger charge is 2.23. The normalized spacial score (nSPS) is 20.8. The molecule has 0 aromatic carbocycles. The zero-order chi connectivity index (χ0) is 13.9. The molecule has 19 heavy (non-hydrogen) atoms. The van der Waals surface area contributed by atoms with Crippen LogP contribution >= 0.6 is 11.6 Å². The van der Waals surface area contributed by atoms with E-state index < -0.39 is 10.0 Å². The molecular weight excluding hydrogens is 286 g/mol. The van der Waals surface area contributed by atoms with Gasteiger partial charge in [0.05, 0.1) is 0 Å². The summed E-state index contributed by atoms with van der Waals surface area (Å²) in [7, 11) is -3.48. The summed E-state index contributed by atoms with van der Waals surface area (Å²) in [6.07, 6.45) is 2.31. The Kier molecular flexibility index (Phi) is 4.78. The van der Waals surface area contributed by atoms with Crippen molar-refractivity contribution < 1.29 is 8.42 Å². The molecule has 0 aliphatic carbocycles. The number of likely N-dealkylation sites (tertiary alicyclic amines) is 1. The molecule has 1 aromatic rings. The molecule has 1 atom stereocenters. The van der Waals surface area contributed by atoms with Gasteiger partial charge in [0.1, 0.15) is 10.0 Å². The van der Waals surface area contributed by atoms with E-state index in [0.29, 0.717) is 12.5 Å². The average Bonchev–Trinajstić information content (AvgIpc) is 2.85. The Hall–Kier alpha value is -0.690. The number of aromatic nitrogens is 1. The molecule has 2 rings (SSSR count). The number of rotatable bonds is 5. The molecule has 106 valence electrons.